The van der Waals surface area contributed by atoms with E-state index >= 15 is 0 Å². The summed E-state index contributed by atoms with van der Waals surface area (Å²) in [5.74, 6) is -0.0603. The molecule has 1 atom stereocenters. The van der Waals surface area contributed by atoms with Gasteiger partial charge in [0.05, 0.1) is 23.0 Å². The average molecular weight is 470 g/mol. The zero-order chi connectivity index (χ0) is 19.3. The second-order valence-electron chi connectivity index (χ2n) is 6.14. The summed E-state index contributed by atoms with van der Waals surface area (Å²) >= 11 is 6.66. The maximum absolute atomic E-state index is 12.8. The predicted octanol–water partition coefficient (Wildman–Crippen LogP) is 5.48. The van der Waals surface area contributed by atoms with Gasteiger partial charge in [0, 0.05) is 27.6 Å². The number of carbonyl (C=O) groups excluding carboxylic acids is 1. The van der Waals surface area contributed by atoms with Crippen LogP contribution in [-0.4, -0.2) is 15.9 Å². The van der Waals surface area contributed by atoms with Crippen molar-refractivity contribution in [3.05, 3.63) is 93.0 Å². The molecule has 28 heavy (non-hydrogen) atoms. The minimum absolute atomic E-state index is 0.0603. The van der Waals surface area contributed by atoms with Crippen molar-refractivity contribution in [2.24, 2.45) is 0 Å². The van der Waals surface area contributed by atoms with E-state index in [0.717, 1.165) is 31.2 Å². The number of rotatable bonds is 6. The SMILES string of the molecule is O=C(Cc1csc(-c2cc(Br)cs2)n1)NC(c1ccccc1)c1ccncc1. The normalized spacial score (nSPS) is 11.9. The number of amides is 1. The summed E-state index contributed by atoms with van der Waals surface area (Å²) in [6, 6.07) is 15.6. The van der Waals surface area contributed by atoms with E-state index in [4.69, 9.17) is 0 Å². The van der Waals surface area contributed by atoms with Crippen molar-refractivity contribution in [2.45, 2.75) is 12.5 Å². The molecule has 3 aromatic heterocycles. The fourth-order valence-corrected chi connectivity index (χ4v) is 5.19. The van der Waals surface area contributed by atoms with E-state index in [2.05, 4.69) is 31.2 Å². The second kappa shape index (κ2) is 8.77. The van der Waals surface area contributed by atoms with Gasteiger partial charge in [-0.3, -0.25) is 9.78 Å². The van der Waals surface area contributed by atoms with Gasteiger partial charge in [0.15, 0.2) is 0 Å². The standard InChI is InChI=1S/C21H16BrN3OS2/c22-16-10-18(27-12-16)21-24-17(13-28-21)11-19(26)25-20(14-4-2-1-3-5-14)15-6-8-23-9-7-15/h1-10,12-13,20H,11H2,(H,25,26). The van der Waals surface area contributed by atoms with Gasteiger partial charge in [-0.25, -0.2) is 4.98 Å². The molecule has 0 fully saturated rings. The van der Waals surface area contributed by atoms with E-state index < -0.39 is 0 Å². The van der Waals surface area contributed by atoms with Gasteiger partial charge >= 0.3 is 0 Å². The van der Waals surface area contributed by atoms with Gasteiger partial charge in [-0.05, 0) is 45.3 Å². The van der Waals surface area contributed by atoms with Crippen LogP contribution in [-0.2, 0) is 11.2 Å². The number of halogens is 1. The molecular weight excluding hydrogens is 454 g/mol. The van der Waals surface area contributed by atoms with E-state index in [0.29, 0.717) is 0 Å². The molecule has 1 unspecified atom stereocenters. The number of nitrogens with zero attached hydrogens (tertiary/aromatic N) is 2. The molecule has 1 aromatic carbocycles. The Hall–Kier alpha value is -2.35. The molecule has 140 valence electrons. The Kier molecular flexibility index (Phi) is 5.95. The highest BCUT2D eigenvalue weighted by atomic mass is 79.9. The maximum atomic E-state index is 12.8. The minimum Gasteiger partial charge on any atom is -0.345 e. The van der Waals surface area contributed by atoms with E-state index in [9.17, 15) is 4.79 Å². The van der Waals surface area contributed by atoms with E-state index in [1.807, 2.05) is 59.3 Å². The minimum atomic E-state index is -0.219. The Labute approximate surface area is 179 Å². The van der Waals surface area contributed by atoms with Crippen LogP contribution in [0, 0.1) is 0 Å². The molecule has 0 aliphatic heterocycles. The third-order valence-corrected chi connectivity index (χ3v) is 6.90. The molecule has 0 radical (unpaired) electrons. The summed E-state index contributed by atoms with van der Waals surface area (Å²) in [4.78, 5) is 22.6. The number of hydrogen-bond donors (Lipinski definition) is 1. The molecule has 0 spiro atoms. The molecule has 3 heterocycles. The Morgan fingerprint density at radius 2 is 1.79 bits per heavy atom. The maximum Gasteiger partial charge on any atom is 0.226 e. The molecule has 0 aliphatic rings. The highest BCUT2D eigenvalue weighted by molar-refractivity contribution is 9.10. The second-order valence-corrected chi connectivity index (χ2v) is 8.83. The summed E-state index contributed by atoms with van der Waals surface area (Å²) in [5, 5.41) is 8.06. The first kappa shape index (κ1) is 19.0. The average Bonchev–Trinajstić information content (AvgIpc) is 3.36. The molecule has 4 rings (SSSR count). The Balaban J connectivity index is 1.50. The Bertz CT molecular complexity index is 1020. The van der Waals surface area contributed by atoms with Gasteiger partial charge in [-0.1, -0.05) is 30.3 Å². The Morgan fingerprint density at radius 1 is 1.04 bits per heavy atom. The highest BCUT2D eigenvalue weighted by Crippen LogP contribution is 2.32. The number of aromatic nitrogens is 2. The molecule has 0 saturated carbocycles. The number of carbonyl (C=O) groups is 1. The van der Waals surface area contributed by atoms with Crippen LogP contribution in [0.15, 0.2) is 76.2 Å². The number of nitrogens with one attached hydrogen (secondary N) is 1. The summed E-state index contributed by atoms with van der Waals surface area (Å²) in [7, 11) is 0. The van der Waals surface area contributed by atoms with E-state index in [1.54, 1.807) is 35.1 Å². The van der Waals surface area contributed by atoms with Crippen LogP contribution in [0.2, 0.25) is 0 Å². The summed E-state index contributed by atoms with van der Waals surface area (Å²) in [5.41, 5.74) is 2.81. The fraction of sp³-hybridized carbons (Fsp3) is 0.0952. The van der Waals surface area contributed by atoms with Crippen molar-refractivity contribution in [3.63, 3.8) is 0 Å². The number of pyridine rings is 1. The molecule has 0 bridgehead atoms. The van der Waals surface area contributed by atoms with Crippen molar-refractivity contribution in [3.8, 4) is 9.88 Å². The number of hydrogen-bond acceptors (Lipinski definition) is 5. The number of thiazole rings is 1. The van der Waals surface area contributed by atoms with Crippen LogP contribution >= 0.6 is 38.6 Å². The van der Waals surface area contributed by atoms with Gasteiger partial charge in [-0.2, -0.15) is 0 Å². The van der Waals surface area contributed by atoms with Crippen molar-refractivity contribution in [1.29, 1.82) is 0 Å². The topological polar surface area (TPSA) is 54.9 Å². The van der Waals surface area contributed by atoms with E-state index in [-0.39, 0.29) is 18.4 Å². The van der Waals surface area contributed by atoms with Gasteiger partial charge < -0.3 is 5.32 Å². The third kappa shape index (κ3) is 4.55. The van der Waals surface area contributed by atoms with Crippen molar-refractivity contribution >= 4 is 44.5 Å². The zero-order valence-electron chi connectivity index (χ0n) is 14.7. The molecule has 1 amide bonds. The fourth-order valence-electron chi connectivity index (χ4n) is 2.86. The van der Waals surface area contributed by atoms with Gasteiger partial charge in [0.2, 0.25) is 5.91 Å². The van der Waals surface area contributed by atoms with Crippen LogP contribution in [0.1, 0.15) is 22.9 Å². The molecule has 7 heteroatoms. The van der Waals surface area contributed by atoms with Crippen molar-refractivity contribution < 1.29 is 4.79 Å². The monoisotopic (exact) mass is 469 g/mol. The Morgan fingerprint density at radius 3 is 2.50 bits per heavy atom. The quantitative estimate of drug-likeness (QED) is 0.406. The molecular formula is C21H16BrN3OS2. The first-order valence-corrected chi connectivity index (χ1v) is 11.2. The summed E-state index contributed by atoms with van der Waals surface area (Å²) < 4.78 is 1.05. The molecule has 4 aromatic rings. The smallest absolute Gasteiger partial charge is 0.226 e. The van der Waals surface area contributed by atoms with Gasteiger partial charge in [-0.15, -0.1) is 22.7 Å². The summed E-state index contributed by atoms with van der Waals surface area (Å²) in [6.45, 7) is 0. The lowest BCUT2D eigenvalue weighted by Gasteiger charge is -2.19. The van der Waals surface area contributed by atoms with E-state index in [1.165, 1.54) is 0 Å². The van der Waals surface area contributed by atoms with Crippen LogP contribution in [0.25, 0.3) is 9.88 Å². The van der Waals surface area contributed by atoms with Crippen LogP contribution in [0.4, 0.5) is 0 Å². The lowest BCUT2D eigenvalue weighted by Crippen LogP contribution is -2.30. The molecule has 1 N–H and O–H groups in total. The third-order valence-electron chi connectivity index (χ3n) is 4.15. The first-order valence-electron chi connectivity index (χ1n) is 8.62. The lowest BCUT2D eigenvalue weighted by molar-refractivity contribution is -0.121. The van der Waals surface area contributed by atoms with Gasteiger partial charge in [0.25, 0.3) is 0 Å². The van der Waals surface area contributed by atoms with Crippen LogP contribution in [0.5, 0.6) is 0 Å². The molecule has 0 aliphatic carbocycles. The summed E-state index contributed by atoms with van der Waals surface area (Å²) in [6.07, 6.45) is 3.73. The predicted molar refractivity (Wildman–Crippen MR) is 117 cm³/mol. The number of thiophene rings is 1. The zero-order valence-corrected chi connectivity index (χ0v) is 17.9. The molecule has 4 nitrogen and oxygen atoms in total. The largest absolute Gasteiger partial charge is 0.345 e. The van der Waals surface area contributed by atoms with Gasteiger partial charge in [0.1, 0.15) is 5.01 Å². The highest BCUT2D eigenvalue weighted by Gasteiger charge is 2.18. The van der Waals surface area contributed by atoms with Crippen LogP contribution in [0.3, 0.4) is 0 Å². The molecule has 0 saturated heterocycles. The lowest BCUT2D eigenvalue weighted by atomic mass is 9.99. The van der Waals surface area contributed by atoms with Crippen molar-refractivity contribution in [1.82, 2.24) is 15.3 Å². The first-order chi connectivity index (χ1) is 13.7. The number of benzene rings is 1. The van der Waals surface area contributed by atoms with Crippen LogP contribution < -0.4 is 5.32 Å². The van der Waals surface area contributed by atoms with Crippen molar-refractivity contribution in [2.75, 3.05) is 0 Å².